The Morgan fingerprint density at radius 1 is 1.07 bits per heavy atom. The normalized spacial score (nSPS) is 19.2. The third-order valence-corrected chi connectivity index (χ3v) is 6.37. The fourth-order valence-corrected chi connectivity index (χ4v) is 4.81. The van der Waals surface area contributed by atoms with Gasteiger partial charge in [-0.05, 0) is 54.5 Å². The van der Waals surface area contributed by atoms with E-state index in [2.05, 4.69) is 19.2 Å². The van der Waals surface area contributed by atoms with E-state index in [-0.39, 0.29) is 18.5 Å². The van der Waals surface area contributed by atoms with Gasteiger partial charge in [-0.15, -0.1) is 0 Å². The van der Waals surface area contributed by atoms with Crippen LogP contribution in [0.3, 0.4) is 0 Å². The van der Waals surface area contributed by atoms with Gasteiger partial charge in [-0.1, -0.05) is 39.5 Å². The van der Waals surface area contributed by atoms with Crippen molar-refractivity contribution in [3.8, 4) is 0 Å². The molecule has 1 saturated carbocycles. The van der Waals surface area contributed by atoms with E-state index >= 15 is 0 Å². The lowest BCUT2D eigenvalue weighted by Gasteiger charge is -2.24. The molecule has 0 atom stereocenters. The van der Waals surface area contributed by atoms with Gasteiger partial charge < -0.3 is 9.73 Å². The van der Waals surface area contributed by atoms with E-state index in [1.165, 1.54) is 11.0 Å². The number of nitrogens with zero attached hydrogens (tertiary/aromatic N) is 1. The molecule has 0 unspecified atom stereocenters. The molecule has 6 heteroatoms. The van der Waals surface area contributed by atoms with Crippen molar-refractivity contribution in [2.45, 2.75) is 77.3 Å². The van der Waals surface area contributed by atoms with Crippen LogP contribution in [0.15, 0.2) is 27.4 Å². The van der Waals surface area contributed by atoms with Crippen molar-refractivity contribution in [1.82, 2.24) is 10.2 Å². The summed E-state index contributed by atoms with van der Waals surface area (Å²) < 4.78 is 5.40. The number of amides is 3. The molecule has 154 valence electrons. The number of rotatable bonds is 3. The van der Waals surface area contributed by atoms with Gasteiger partial charge in [0, 0.05) is 11.5 Å². The SMILES string of the molecule is Cc1cc2oc(=O)cc(CN3C(=O)NC4(CCCCCC4)C3=O)c2cc1C(C)C. The predicted molar refractivity (Wildman–Crippen MR) is 111 cm³/mol. The molecule has 3 amide bonds. The van der Waals surface area contributed by atoms with Crippen molar-refractivity contribution in [3.05, 3.63) is 45.3 Å². The minimum absolute atomic E-state index is 0.0785. The second-order valence-electron chi connectivity index (χ2n) is 8.77. The Labute approximate surface area is 170 Å². The molecule has 1 spiro atoms. The number of carbonyl (C=O) groups excluding carboxylic acids is 2. The van der Waals surface area contributed by atoms with Crippen molar-refractivity contribution in [2.24, 2.45) is 0 Å². The van der Waals surface area contributed by atoms with Crippen LogP contribution >= 0.6 is 0 Å². The van der Waals surface area contributed by atoms with Gasteiger partial charge in [0.25, 0.3) is 5.91 Å². The summed E-state index contributed by atoms with van der Waals surface area (Å²) in [6, 6.07) is 4.93. The van der Waals surface area contributed by atoms with Crippen molar-refractivity contribution in [3.63, 3.8) is 0 Å². The molecule has 2 fully saturated rings. The van der Waals surface area contributed by atoms with Gasteiger partial charge in [-0.3, -0.25) is 9.69 Å². The highest BCUT2D eigenvalue weighted by molar-refractivity contribution is 6.07. The smallest absolute Gasteiger partial charge is 0.336 e. The van der Waals surface area contributed by atoms with Gasteiger partial charge in [0.1, 0.15) is 11.1 Å². The van der Waals surface area contributed by atoms with Crippen molar-refractivity contribution in [2.75, 3.05) is 0 Å². The third kappa shape index (κ3) is 3.45. The van der Waals surface area contributed by atoms with Crippen LogP contribution in [0.2, 0.25) is 0 Å². The van der Waals surface area contributed by atoms with Crippen LogP contribution in [0.25, 0.3) is 11.0 Å². The molecular weight excluding hydrogens is 368 g/mol. The topological polar surface area (TPSA) is 79.6 Å². The van der Waals surface area contributed by atoms with Crippen LogP contribution in [0.5, 0.6) is 0 Å². The molecule has 1 aromatic carbocycles. The van der Waals surface area contributed by atoms with E-state index in [9.17, 15) is 14.4 Å². The zero-order valence-electron chi connectivity index (χ0n) is 17.3. The summed E-state index contributed by atoms with van der Waals surface area (Å²) in [6.45, 7) is 6.30. The summed E-state index contributed by atoms with van der Waals surface area (Å²) >= 11 is 0. The molecule has 29 heavy (non-hydrogen) atoms. The lowest BCUT2D eigenvalue weighted by molar-refractivity contribution is -0.132. The van der Waals surface area contributed by atoms with Crippen molar-refractivity contribution in [1.29, 1.82) is 0 Å². The number of urea groups is 1. The van der Waals surface area contributed by atoms with E-state index in [0.717, 1.165) is 42.2 Å². The van der Waals surface area contributed by atoms with Gasteiger partial charge in [0.05, 0.1) is 6.54 Å². The van der Waals surface area contributed by atoms with E-state index in [1.807, 2.05) is 19.1 Å². The molecule has 0 bridgehead atoms. The molecule has 1 aliphatic heterocycles. The van der Waals surface area contributed by atoms with Crippen LogP contribution in [0.1, 0.15) is 75.0 Å². The maximum absolute atomic E-state index is 13.2. The molecule has 1 aromatic heterocycles. The molecule has 4 rings (SSSR count). The first-order chi connectivity index (χ1) is 13.8. The van der Waals surface area contributed by atoms with Gasteiger partial charge in [-0.25, -0.2) is 9.59 Å². The Bertz CT molecular complexity index is 1030. The largest absolute Gasteiger partial charge is 0.423 e. The number of benzene rings is 1. The standard InChI is InChI=1S/C23H28N2O4/c1-14(2)17-12-18-16(11-20(26)29-19(18)10-15(17)3)13-25-21(27)23(24-22(25)28)8-6-4-5-7-9-23/h10-12,14H,4-9,13H2,1-3H3,(H,24,28). The summed E-state index contributed by atoms with van der Waals surface area (Å²) in [4.78, 5) is 39.4. The Kier molecular flexibility index (Phi) is 4.97. The Morgan fingerprint density at radius 3 is 2.41 bits per heavy atom. The maximum atomic E-state index is 13.2. The summed E-state index contributed by atoms with van der Waals surface area (Å²) in [5, 5.41) is 3.75. The molecule has 1 saturated heterocycles. The molecule has 0 radical (unpaired) electrons. The quantitative estimate of drug-likeness (QED) is 0.617. The number of hydrogen-bond acceptors (Lipinski definition) is 4. The van der Waals surface area contributed by atoms with Crippen LogP contribution in [0.4, 0.5) is 4.79 Å². The summed E-state index contributed by atoms with van der Waals surface area (Å²) in [5.74, 6) is 0.145. The number of fused-ring (bicyclic) bond motifs is 1. The van der Waals surface area contributed by atoms with Crippen molar-refractivity contribution >= 4 is 22.9 Å². The van der Waals surface area contributed by atoms with Crippen LogP contribution in [-0.4, -0.2) is 22.4 Å². The lowest BCUT2D eigenvalue weighted by atomic mass is 9.90. The number of aryl methyl sites for hydroxylation is 1. The predicted octanol–water partition coefficient (Wildman–Crippen LogP) is 4.37. The van der Waals surface area contributed by atoms with Gasteiger partial charge in [0.2, 0.25) is 0 Å². The Morgan fingerprint density at radius 2 is 1.76 bits per heavy atom. The molecule has 2 aromatic rings. The first-order valence-corrected chi connectivity index (χ1v) is 10.5. The lowest BCUT2D eigenvalue weighted by Crippen LogP contribution is -2.46. The number of hydrogen-bond donors (Lipinski definition) is 1. The van der Waals surface area contributed by atoms with E-state index < -0.39 is 11.2 Å². The number of nitrogens with one attached hydrogen (secondary N) is 1. The Balaban J connectivity index is 1.74. The Hall–Kier alpha value is -2.63. The first kappa shape index (κ1) is 19.7. The van der Waals surface area contributed by atoms with E-state index in [0.29, 0.717) is 29.9 Å². The molecule has 1 aliphatic carbocycles. The second-order valence-corrected chi connectivity index (χ2v) is 8.77. The van der Waals surface area contributed by atoms with Gasteiger partial charge >= 0.3 is 11.7 Å². The molecule has 2 aliphatic rings. The molecular formula is C23H28N2O4. The van der Waals surface area contributed by atoms with E-state index in [4.69, 9.17) is 4.42 Å². The first-order valence-electron chi connectivity index (χ1n) is 10.5. The fourth-order valence-electron chi connectivity index (χ4n) is 4.81. The maximum Gasteiger partial charge on any atom is 0.336 e. The fraction of sp³-hybridized carbons (Fsp3) is 0.522. The van der Waals surface area contributed by atoms with Crippen LogP contribution in [0, 0.1) is 6.92 Å². The molecule has 6 nitrogen and oxygen atoms in total. The van der Waals surface area contributed by atoms with Gasteiger partial charge in [0.15, 0.2) is 0 Å². The average Bonchev–Trinajstić information content (AvgIpc) is 2.81. The zero-order valence-corrected chi connectivity index (χ0v) is 17.3. The van der Waals surface area contributed by atoms with E-state index in [1.54, 1.807) is 0 Å². The third-order valence-electron chi connectivity index (χ3n) is 6.37. The summed E-state index contributed by atoms with van der Waals surface area (Å²) in [6.07, 6.45) is 5.42. The summed E-state index contributed by atoms with van der Waals surface area (Å²) in [7, 11) is 0. The minimum Gasteiger partial charge on any atom is -0.423 e. The number of imide groups is 1. The van der Waals surface area contributed by atoms with Gasteiger partial charge in [-0.2, -0.15) is 0 Å². The van der Waals surface area contributed by atoms with Crippen molar-refractivity contribution < 1.29 is 14.0 Å². The second kappa shape index (κ2) is 7.32. The monoisotopic (exact) mass is 396 g/mol. The highest BCUT2D eigenvalue weighted by atomic mass is 16.4. The molecule has 1 N–H and O–H groups in total. The van der Waals surface area contributed by atoms with Crippen LogP contribution < -0.4 is 10.9 Å². The highest BCUT2D eigenvalue weighted by Crippen LogP contribution is 2.34. The number of carbonyl (C=O) groups is 2. The zero-order chi connectivity index (χ0) is 20.8. The highest BCUT2D eigenvalue weighted by Gasteiger charge is 2.50. The average molecular weight is 396 g/mol. The van der Waals surface area contributed by atoms with Crippen LogP contribution in [-0.2, 0) is 11.3 Å². The minimum atomic E-state index is -0.775. The summed E-state index contributed by atoms with van der Waals surface area (Å²) in [5.41, 5.74) is 2.10. The molecule has 2 heterocycles.